The van der Waals surface area contributed by atoms with Gasteiger partial charge in [-0.15, -0.1) is 0 Å². The first-order valence-corrected chi connectivity index (χ1v) is 58.2. The summed E-state index contributed by atoms with van der Waals surface area (Å²) < 4.78 is 21.4. The monoisotopic (exact) mass is 1940 g/mol. The molecule has 0 unspecified atom stereocenters. The zero-order valence-corrected chi connectivity index (χ0v) is 77.7. The number of nitro benzene ring substituents is 3. The summed E-state index contributed by atoms with van der Waals surface area (Å²) in [5.41, 5.74) is 16.2. The van der Waals surface area contributed by atoms with E-state index >= 15 is 0 Å². The van der Waals surface area contributed by atoms with E-state index in [2.05, 4.69) is 119 Å². The Kier molecular flexibility index (Phi) is 37.7. The molecule has 25 heteroatoms. The van der Waals surface area contributed by atoms with Gasteiger partial charge in [0.2, 0.25) is 0 Å². The van der Waals surface area contributed by atoms with Crippen molar-refractivity contribution in [1.82, 2.24) is 0 Å². The Labute approximate surface area is 705 Å². The topological polar surface area (TPSA) is 164 Å². The van der Waals surface area contributed by atoms with Crippen molar-refractivity contribution in [3.05, 3.63) is 257 Å². The normalized spacial score (nSPS) is 15.1. The van der Waals surface area contributed by atoms with Crippen LogP contribution in [0.1, 0.15) is 188 Å². The Morgan fingerprint density at radius 3 is 1.02 bits per heavy atom. The van der Waals surface area contributed by atoms with Crippen molar-refractivity contribution in [2.45, 2.75) is 215 Å². The van der Waals surface area contributed by atoms with Gasteiger partial charge < -0.3 is 9.80 Å². The number of ether oxygens (including phenoxy) is 3. The Morgan fingerprint density at radius 1 is 0.438 bits per heavy atom. The van der Waals surface area contributed by atoms with Gasteiger partial charge in [0.1, 0.15) is 0 Å². The van der Waals surface area contributed by atoms with Crippen LogP contribution >= 0.6 is 73.3 Å². The minimum Gasteiger partial charge on any atom is -0.502 e. The van der Waals surface area contributed by atoms with Crippen molar-refractivity contribution < 1.29 is 69.5 Å². The van der Waals surface area contributed by atoms with Gasteiger partial charge >= 0.3 is 451 Å². The SMILES string of the molecule is C1CCC([PH+](C2CCCCC2)C2CCCCC2)CC1.CC(C)Oc1ccc([N+](=O)[O-])cc1[CH]=[Ru]([Cl])[Cl].CC(C)Oc1ccc([N+](=O)[O-])cc1[CH]=[Ru]([Cl])[Cl].CC(C)Oc1ccc([N+](=O)[O-])cc1[C](=[Ru]([Cl])[Cl])[P+](c1ccccc1)(c1ccccc1)c1ccccc1.Cc1cc(C)c(N2[CH-]N(c3c(C)cc(C)cc3C)CC2)c(C)c1. The molecule has 112 heavy (non-hydrogen) atoms. The third kappa shape index (κ3) is 26.5. The quantitative estimate of drug-likeness (QED) is 0.0221. The largest absolute Gasteiger partial charge is 0.502 e. The van der Waals surface area contributed by atoms with Gasteiger partial charge in [-0.2, -0.15) is 6.67 Å². The average Bonchev–Trinajstić information content (AvgIpc) is 0.776. The van der Waals surface area contributed by atoms with Crippen molar-refractivity contribution >= 4 is 131 Å². The van der Waals surface area contributed by atoms with Gasteiger partial charge in [0.15, 0.2) is 0 Å². The Bertz CT molecular complexity index is 4200. The molecule has 3 aliphatic carbocycles. The average molecular weight is 1950 g/mol. The van der Waals surface area contributed by atoms with E-state index in [1.54, 1.807) is 130 Å². The first-order chi connectivity index (χ1) is 53.5. The molecule has 4 fully saturated rings. The maximum Gasteiger partial charge on any atom is 0.0146 e. The van der Waals surface area contributed by atoms with Gasteiger partial charge in [0, 0.05) is 32.4 Å². The fourth-order valence-electron chi connectivity index (χ4n) is 16.0. The maximum absolute atomic E-state index is 11.8. The number of nitrogens with zero attached hydrogens (tertiary/aromatic N) is 5. The molecule has 0 amide bonds. The number of hydrogen-bond donors (Lipinski definition) is 0. The molecule has 3 saturated carbocycles. The number of nitro groups is 3. The van der Waals surface area contributed by atoms with E-state index in [0.717, 1.165) is 32.9 Å². The second-order valence-electron chi connectivity index (χ2n) is 29.7. The van der Waals surface area contributed by atoms with Crippen LogP contribution in [-0.4, -0.2) is 76.2 Å². The molecule has 0 bridgehead atoms. The van der Waals surface area contributed by atoms with Crippen molar-refractivity contribution in [2.75, 3.05) is 22.9 Å². The van der Waals surface area contributed by atoms with Crippen LogP contribution in [-0.2, 0) is 40.6 Å². The number of halogens is 6. The zero-order chi connectivity index (χ0) is 81.3. The summed E-state index contributed by atoms with van der Waals surface area (Å²) in [6.07, 6.45) is 23.6. The predicted molar refractivity (Wildman–Crippen MR) is 471 cm³/mol. The van der Waals surface area contributed by atoms with Crippen LogP contribution in [0.2, 0.25) is 0 Å². The fourth-order valence-corrected chi connectivity index (χ4v) is 37.0. The molecule has 610 valence electrons. The molecule has 8 aromatic rings. The Morgan fingerprint density at radius 2 is 0.732 bits per heavy atom. The fraction of sp³-hybridized carbons (Fsp3) is 0.402. The summed E-state index contributed by atoms with van der Waals surface area (Å²) in [5.74, 6) is 1.66. The molecule has 0 radical (unpaired) electrons. The van der Waals surface area contributed by atoms with Gasteiger partial charge in [-0.25, -0.2) is 0 Å². The van der Waals surface area contributed by atoms with Crippen molar-refractivity contribution in [3.63, 3.8) is 0 Å². The molecule has 1 saturated heterocycles. The zero-order valence-electron chi connectivity index (χ0n) is 66.1. The molecular weight excluding hydrogens is 1840 g/mol. The predicted octanol–water partition coefficient (Wildman–Crippen LogP) is 24.9. The molecule has 0 N–H and O–H groups in total. The third-order valence-electron chi connectivity index (χ3n) is 20.0. The van der Waals surface area contributed by atoms with Crippen molar-refractivity contribution in [1.29, 1.82) is 0 Å². The summed E-state index contributed by atoms with van der Waals surface area (Å²) >= 11 is -6.81. The van der Waals surface area contributed by atoms with Crippen LogP contribution in [0.4, 0.5) is 28.4 Å². The van der Waals surface area contributed by atoms with Gasteiger partial charge in [0.25, 0.3) is 0 Å². The van der Waals surface area contributed by atoms with Crippen LogP contribution in [0, 0.1) is 78.6 Å². The summed E-state index contributed by atoms with van der Waals surface area (Å²) in [7, 11) is 34.5. The number of aryl methyl sites for hydroxylation is 6. The Hall–Kier alpha value is -4.96. The van der Waals surface area contributed by atoms with Crippen molar-refractivity contribution in [2.24, 2.45) is 0 Å². The number of hydrogen-bond acceptors (Lipinski definition) is 11. The molecule has 12 rings (SSSR count). The minimum atomic E-state index is -2.72. The second kappa shape index (κ2) is 45.7. The standard InChI is InChI=1S/C28H25NO3P.C21H27N2.C18H33P.2C10H11NO3.6ClH.3Ru/c1-22(2)32-28-19-18-24(29(30)31)20-23(28)21-33(25-12-6-3-7-13-25,26-14-8-4-9-15-26)27-16-10-5-11-17-27;1-14-9-16(3)20(17(4)10-14)22-7-8-23(13-22)21-18(5)11-15(2)12-19(21)6;1-4-10-16(11-5-1)19(17-12-6-2-7-13-17)18-14-8-3-9-15-18;2*1-7(2)14-10-5-4-9(11(12)13)6-8(10)3;;;;;;;;;/h3-20,22H,1-2H3;9-13H,7-8H2,1-6H3;16-18H,1-15H2;2*3-7H,1-2H3;6*1H;;;/q+1;-1;;;;;;;;;;3*+2/p-5. The van der Waals surface area contributed by atoms with Crippen LogP contribution in [0.15, 0.2) is 170 Å². The summed E-state index contributed by atoms with van der Waals surface area (Å²) in [6, 6.07) is 53.1. The van der Waals surface area contributed by atoms with Crippen LogP contribution in [0.25, 0.3) is 0 Å². The van der Waals surface area contributed by atoms with E-state index in [1.165, 1.54) is 92.1 Å². The summed E-state index contributed by atoms with van der Waals surface area (Å²) in [4.78, 5) is 36.7. The van der Waals surface area contributed by atoms with Gasteiger partial charge in [-0.3, -0.25) is 0 Å². The number of anilines is 2. The van der Waals surface area contributed by atoms with E-state index in [0.29, 0.717) is 33.9 Å². The van der Waals surface area contributed by atoms with E-state index < -0.39 is 62.6 Å². The molecule has 14 nitrogen and oxygen atoms in total. The second-order valence-corrected chi connectivity index (χ2v) is 54.3. The van der Waals surface area contributed by atoms with Gasteiger partial charge in [0.05, 0.1) is 17.0 Å². The summed E-state index contributed by atoms with van der Waals surface area (Å²) in [5, 5.41) is 36.4. The molecule has 0 spiro atoms. The number of benzene rings is 8. The van der Waals surface area contributed by atoms with E-state index in [1.807, 2.05) is 96.1 Å². The molecule has 1 heterocycles. The first-order valence-electron chi connectivity index (χ1n) is 38.3. The minimum absolute atomic E-state index is 0.00360. The molecule has 8 aromatic carbocycles. The molecule has 0 aromatic heterocycles. The first kappa shape index (κ1) is 92.5. The molecule has 4 aliphatic rings. The molecule has 0 atom stereocenters. The van der Waals surface area contributed by atoms with E-state index in [4.69, 9.17) is 72.4 Å². The maximum atomic E-state index is 11.8. The van der Waals surface area contributed by atoms with E-state index in [9.17, 15) is 30.3 Å². The van der Waals surface area contributed by atoms with E-state index in [-0.39, 0.29) is 43.3 Å². The van der Waals surface area contributed by atoms with Gasteiger partial charge in [-0.05, 0) is 141 Å². The van der Waals surface area contributed by atoms with Crippen LogP contribution in [0.5, 0.6) is 17.2 Å². The number of non-ortho nitro benzene ring substituents is 3. The van der Waals surface area contributed by atoms with Gasteiger partial charge in [-0.1, -0.05) is 54.7 Å². The molecule has 1 aliphatic heterocycles. The smallest absolute Gasteiger partial charge is 0.0146 e. The van der Waals surface area contributed by atoms with Crippen LogP contribution in [0.3, 0.4) is 0 Å². The number of rotatable bonds is 21. The van der Waals surface area contributed by atoms with Crippen LogP contribution < -0.4 is 39.9 Å². The van der Waals surface area contributed by atoms with Crippen molar-refractivity contribution in [3.8, 4) is 17.2 Å². The Balaban J connectivity index is 0.000000182. The molecular formula is C87H108Cl6N5O9P2Ru3+. The summed E-state index contributed by atoms with van der Waals surface area (Å²) in [6.45, 7) is 28.9. The third-order valence-corrected chi connectivity index (χ3v) is 38.8.